The van der Waals surface area contributed by atoms with E-state index in [2.05, 4.69) is 10.1 Å². The lowest BCUT2D eigenvalue weighted by Gasteiger charge is -2.07. The molecule has 0 spiro atoms. The molecule has 2 aromatic carbocycles. The van der Waals surface area contributed by atoms with Crippen molar-refractivity contribution >= 4 is 23.5 Å². The minimum atomic E-state index is -0.738. The van der Waals surface area contributed by atoms with E-state index in [9.17, 15) is 20.2 Å². The first-order chi connectivity index (χ1) is 13.3. The molecule has 0 aliphatic heterocycles. The van der Waals surface area contributed by atoms with Gasteiger partial charge in [0.05, 0.1) is 34.0 Å². The molecule has 11 heteroatoms. The van der Waals surface area contributed by atoms with Crippen LogP contribution < -0.4 is 10.5 Å². The van der Waals surface area contributed by atoms with Gasteiger partial charge >= 0.3 is 5.69 Å². The number of rotatable bonds is 6. The minimum Gasteiger partial charge on any atom is -0.450 e. The van der Waals surface area contributed by atoms with Gasteiger partial charge in [0.15, 0.2) is 0 Å². The van der Waals surface area contributed by atoms with E-state index in [0.29, 0.717) is 11.3 Å². The van der Waals surface area contributed by atoms with E-state index in [4.69, 9.17) is 10.5 Å². The highest BCUT2D eigenvalue weighted by molar-refractivity contribution is 5.80. The predicted molar refractivity (Wildman–Crippen MR) is 101 cm³/mol. The number of nitrogens with zero attached hydrogens (tertiary/aromatic N) is 5. The molecule has 0 saturated heterocycles. The topological polar surface area (TPSA) is 152 Å². The van der Waals surface area contributed by atoms with Crippen LogP contribution in [0.2, 0.25) is 0 Å². The molecule has 28 heavy (non-hydrogen) atoms. The number of non-ortho nitro benzene ring substituents is 1. The Morgan fingerprint density at radius 2 is 1.96 bits per heavy atom. The Morgan fingerprint density at radius 1 is 1.18 bits per heavy atom. The summed E-state index contributed by atoms with van der Waals surface area (Å²) in [7, 11) is 0. The number of imidazole rings is 1. The number of nitro benzene ring substituents is 2. The number of anilines is 1. The summed E-state index contributed by atoms with van der Waals surface area (Å²) in [6, 6.07) is 9.80. The normalized spacial score (nSPS) is 10.9. The fourth-order valence-corrected chi connectivity index (χ4v) is 2.36. The van der Waals surface area contributed by atoms with Gasteiger partial charge in [-0.2, -0.15) is 5.10 Å². The molecule has 0 aliphatic rings. The zero-order valence-corrected chi connectivity index (χ0v) is 14.6. The van der Waals surface area contributed by atoms with Gasteiger partial charge in [-0.05, 0) is 30.7 Å². The highest BCUT2D eigenvalue weighted by atomic mass is 16.6. The van der Waals surface area contributed by atoms with Crippen molar-refractivity contribution in [2.75, 3.05) is 5.73 Å². The van der Waals surface area contributed by atoms with Crippen molar-refractivity contribution in [3.05, 3.63) is 80.1 Å². The first-order valence-corrected chi connectivity index (χ1v) is 7.90. The van der Waals surface area contributed by atoms with E-state index in [-0.39, 0.29) is 11.7 Å². The molecular weight excluding hydrogens is 368 g/mol. The van der Waals surface area contributed by atoms with Crippen molar-refractivity contribution in [3.63, 3.8) is 0 Å². The fraction of sp³-hybridized carbons (Fsp3) is 0.0588. The van der Waals surface area contributed by atoms with Crippen LogP contribution in [0.3, 0.4) is 0 Å². The number of benzene rings is 2. The van der Waals surface area contributed by atoms with Crippen LogP contribution in [0.1, 0.15) is 11.3 Å². The summed E-state index contributed by atoms with van der Waals surface area (Å²) in [6.07, 6.45) is 3.18. The quantitative estimate of drug-likeness (QED) is 0.390. The molecule has 0 aliphatic carbocycles. The average molecular weight is 382 g/mol. The maximum Gasteiger partial charge on any atom is 0.318 e. The summed E-state index contributed by atoms with van der Waals surface area (Å²) < 4.78 is 6.96. The number of hydrogen-bond acceptors (Lipinski definition) is 8. The first kappa shape index (κ1) is 18.5. The molecule has 0 bridgehead atoms. The number of nitrogen functional groups attached to an aromatic ring is 1. The zero-order valence-electron chi connectivity index (χ0n) is 14.6. The zero-order chi connectivity index (χ0) is 20.3. The van der Waals surface area contributed by atoms with E-state index in [1.165, 1.54) is 17.0 Å². The lowest BCUT2D eigenvalue weighted by molar-refractivity contribution is -0.394. The second kappa shape index (κ2) is 7.53. The van der Waals surface area contributed by atoms with Gasteiger partial charge in [-0.15, -0.1) is 0 Å². The van der Waals surface area contributed by atoms with Crippen LogP contribution in [-0.2, 0) is 0 Å². The molecule has 0 atom stereocenters. The standard InChI is InChI=1S/C17H14N6O5/c1-11-10-21(17(18)20-11)19-9-12-3-2-4-14(7-12)28-16-6-5-13(22(24)25)8-15(16)23(26)27/h2-10H,1H3,(H2,18,20). The van der Waals surface area contributed by atoms with Crippen molar-refractivity contribution < 1.29 is 14.6 Å². The molecule has 1 heterocycles. The Kier molecular flexibility index (Phi) is 4.98. The number of ether oxygens (including phenoxy) is 1. The SMILES string of the molecule is Cc1cn(N=Cc2cccc(Oc3ccc([N+](=O)[O-])cc3[N+](=O)[O-])c2)c(N)n1. The Hall–Kier alpha value is -4.28. The molecule has 3 aromatic rings. The van der Waals surface area contributed by atoms with Crippen molar-refractivity contribution in [3.8, 4) is 11.5 Å². The maximum absolute atomic E-state index is 11.2. The Morgan fingerprint density at radius 3 is 2.61 bits per heavy atom. The van der Waals surface area contributed by atoms with Gasteiger partial charge in [0.25, 0.3) is 5.69 Å². The Bertz CT molecular complexity index is 1090. The Labute approximate surface area is 158 Å². The van der Waals surface area contributed by atoms with E-state index >= 15 is 0 Å². The number of aryl methyl sites for hydroxylation is 1. The summed E-state index contributed by atoms with van der Waals surface area (Å²) >= 11 is 0. The summed E-state index contributed by atoms with van der Waals surface area (Å²) in [4.78, 5) is 24.6. The largest absolute Gasteiger partial charge is 0.450 e. The summed E-state index contributed by atoms with van der Waals surface area (Å²) in [5.74, 6) is 0.428. The van der Waals surface area contributed by atoms with Gasteiger partial charge in [-0.3, -0.25) is 20.2 Å². The first-order valence-electron chi connectivity index (χ1n) is 7.90. The number of nitrogens with two attached hydrogens (primary N) is 1. The van der Waals surface area contributed by atoms with Crippen molar-refractivity contribution in [2.24, 2.45) is 5.10 Å². The lowest BCUT2D eigenvalue weighted by Crippen LogP contribution is -1.97. The molecule has 0 fully saturated rings. The summed E-state index contributed by atoms with van der Waals surface area (Å²) in [5.41, 5.74) is 6.18. The highest BCUT2D eigenvalue weighted by Crippen LogP contribution is 2.34. The fourth-order valence-electron chi connectivity index (χ4n) is 2.36. The smallest absolute Gasteiger partial charge is 0.318 e. The molecule has 0 saturated carbocycles. The molecule has 3 rings (SSSR count). The van der Waals surface area contributed by atoms with Gasteiger partial charge in [0.1, 0.15) is 5.75 Å². The van der Waals surface area contributed by atoms with Crippen LogP contribution in [0.25, 0.3) is 0 Å². The number of hydrogen-bond donors (Lipinski definition) is 1. The Balaban J connectivity index is 1.86. The average Bonchev–Trinajstić information content (AvgIpc) is 2.97. The van der Waals surface area contributed by atoms with Crippen LogP contribution in [-0.4, -0.2) is 25.7 Å². The second-order valence-corrected chi connectivity index (χ2v) is 5.67. The lowest BCUT2D eigenvalue weighted by atomic mass is 10.2. The maximum atomic E-state index is 11.2. The van der Waals surface area contributed by atoms with Crippen molar-refractivity contribution in [1.82, 2.24) is 9.66 Å². The van der Waals surface area contributed by atoms with Gasteiger partial charge in [-0.1, -0.05) is 12.1 Å². The predicted octanol–water partition coefficient (Wildman–Crippen LogP) is 3.26. The molecule has 0 amide bonds. The van der Waals surface area contributed by atoms with Crippen molar-refractivity contribution in [1.29, 1.82) is 0 Å². The molecule has 2 N–H and O–H groups in total. The van der Waals surface area contributed by atoms with E-state index < -0.39 is 21.2 Å². The van der Waals surface area contributed by atoms with Gasteiger partial charge in [0, 0.05) is 6.07 Å². The molecule has 142 valence electrons. The second-order valence-electron chi connectivity index (χ2n) is 5.67. The van der Waals surface area contributed by atoms with Gasteiger partial charge < -0.3 is 10.5 Å². The molecule has 11 nitrogen and oxygen atoms in total. The van der Waals surface area contributed by atoms with Crippen molar-refractivity contribution in [2.45, 2.75) is 6.92 Å². The molecule has 0 unspecified atom stereocenters. The van der Waals surface area contributed by atoms with Crippen LogP contribution in [0.4, 0.5) is 17.3 Å². The number of nitro groups is 2. The van der Waals surface area contributed by atoms with E-state index in [0.717, 1.165) is 17.8 Å². The highest BCUT2D eigenvalue weighted by Gasteiger charge is 2.21. The van der Waals surface area contributed by atoms with Crippen LogP contribution >= 0.6 is 0 Å². The van der Waals surface area contributed by atoms with Crippen LogP contribution in [0, 0.1) is 27.2 Å². The molecule has 1 aromatic heterocycles. The van der Waals surface area contributed by atoms with Gasteiger partial charge in [0.2, 0.25) is 11.7 Å². The van der Waals surface area contributed by atoms with E-state index in [1.807, 2.05) is 0 Å². The summed E-state index contributed by atoms with van der Waals surface area (Å²) in [5, 5.41) is 26.2. The molecule has 0 radical (unpaired) electrons. The molecular formula is C17H14N6O5. The van der Waals surface area contributed by atoms with Crippen LogP contribution in [0.5, 0.6) is 11.5 Å². The monoisotopic (exact) mass is 382 g/mol. The number of aromatic nitrogens is 2. The third-order valence-electron chi connectivity index (χ3n) is 3.60. The third kappa shape index (κ3) is 4.09. The van der Waals surface area contributed by atoms with Gasteiger partial charge in [-0.25, -0.2) is 9.66 Å². The third-order valence-corrected chi connectivity index (χ3v) is 3.60. The minimum absolute atomic E-state index is 0.112. The van der Waals surface area contributed by atoms with E-state index in [1.54, 1.807) is 37.4 Å². The van der Waals surface area contributed by atoms with Crippen LogP contribution in [0.15, 0.2) is 53.8 Å². The summed E-state index contributed by atoms with van der Waals surface area (Å²) in [6.45, 7) is 1.79.